The van der Waals surface area contributed by atoms with Crippen LogP contribution in [0.2, 0.25) is 0 Å². The summed E-state index contributed by atoms with van der Waals surface area (Å²) in [5.74, 6) is 0.294. The van der Waals surface area contributed by atoms with Crippen LogP contribution in [0.3, 0.4) is 0 Å². The predicted octanol–water partition coefficient (Wildman–Crippen LogP) is 0.814. The monoisotopic (exact) mass is 170 g/mol. The second-order valence-corrected chi connectivity index (χ2v) is 2.92. The molecule has 11 heavy (non-hydrogen) atoms. The Morgan fingerprint density at radius 3 is 3.00 bits per heavy atom. The Kier molecular flexibility index (Phi) is 5.21. The van der Waals surface area contributed by atoms with Gasteiger partial charge in [0.2, 0.25) is 0 Å². The largest absolute Gasteiger partial charge is 0.335 e. The van der Waals surface area contributed by atoms with E-state index in [4.69, 9.17) is 10.7 Å². The Balaban J connectivity index is 3.75. The van der Waals surface area contributed by atoms with E-state index in [-0.39, 0.29) is 5.25 Å². The standard InChI is InChI=1S/C6H10N4S/c1-5(11-3-7)6(8)10-4-9-2/h4-5H,1-2H3,(H2,8,9,10)/t5-/m0/s1. The van der Waals surface area contributed by atoms with Crippen molar-refractivity contribution in [3.8, 4) is 5.40 Å². The lowest BCUT2D eigenvalue weighted by molar-refractivity contribution is 1.16. The zero-order chi connectivity index (χ0) is 8.69. The highest BCUT2D eigenvalue weighted by molar-refractivity contribution is 8.04. The molecule has 0 saturated heterocycles. The Morgan fingerprint density at radius 2 is 2.55 bits per heavy atom. The molecule has 0 aromatic rings. The van der Waals surface area contributed by atoms with Gasteiger partial charge in [-0.3, -0.25) is 10.4 Å². The summed E-state index contributed by atoms with van der Waals surface area (Å²) in [5, 5.41) is 20.0. The third kappa shape index (κ3) is 4.39. The predicted molar refractivity (Wildman–Crippen MR) is 47.9 cm³/mol. The van der Waals surface area contributed by atoms with E-state index in [9.17, 15) is 0 Å². The first-order valence-electron chi connectivity index (χ1n) is 3.02. The van der Waals surface area contributed by atoms with Crippen LogP contribution in [0.1, 0.15) is 6.92 Å². The molecule has 0 aliphatic heterocycles. The van der Waals surface area contributed by atoms with Gasteiger partial charge in [-0.25, -0.2) is 0 Å². The van der Waals surface area contributed by atoms with Gasteiger partial charge in [-0.1, -0.05) is 0 Å². The lowest BCUT2D eigenvalue weighted by atomic mass is 10.4. The zero-order valence-electron chi connectivity index (χ0n) is 6.46. The highest BCUT2D eigenvalue weighted by Gasteiger charge is 2.06. The number of aliphatic imine (C=N–C) groups is 1. The molecule has 5 heteroatoms. The van der Waals surface area contributed by atoms with E-state index in [1.54, 1.807) is 14.0 Å². The third-order valence-electron chi connectivity index (χ3n) is 0.985. The minimum atomic E-state index is -0.127. The van der Waals surface area contributed by atoms with E-state index in [1.807, 2.05) is 5.40 Å². The number of thiocyanates is 1. The smallest absolute Gasteiger partial charge is 0.134 e. The molecule has 1 atom stereocenters. The fourth-order valence-electron chi connectivity index (χ4n) is 0.389. The van der Waals surface area contributed by atoms with Gasteiger partial charge in [0, 0.05) is 7.05 Å². The van der Waals surface area contributed by atoms with Gasteiger partial charge in [-0.05, 0) is 18.7 Å². The van der Waals surface area contributed by atoms with Gasteiger partial charge in [0.25, 0.3) is 0 Å². The van der Waals surface area contributed by atoms with Crippen molar-refractivity contribution < 1.29 is 0 Å². The van der Waals surface area contributed by atoms with Crippen LogP contribution in [0.25, 0.3) is 0 Å². The van der Waals surface area contributed by atoms with Crippen molar-refractivity contribution in [1.29, 1.82) is 10.7 Å². The number of thioether (sulfide) groups is 1. The molecule has 0 aromatic carbocycles. The molecule has 0 spiro atoms. The first kappa shape index (κ1) is 9.98. The molecule has 0 saturated carbocycles. The maximum atomic E-state index is 8.27. The van der Waals surface area contributed by atoms with Crippen molar-refractivity contribution in [2.45, 2.75) is 12.2 Å². The van der Waals surface area contributed by atoms with Crippen LogP contribution in [0.4, 0.5) is 0 Å². The Hall–Kier alpha value is -1.02. The van der Waals surface area contributed by atoms with Crippen molar-refractivity contribution in [1.82, 2.24) is 5.32 Å². The fourth-order valence-corrected chi connectivity index (χ4v) is 0.733. The first-order chi connectivity index (χ1) is 5.22. The van der Waals surface area contributed by atoms with Gasteiger partial charge < -0.3 is 5.32 Å². The van der Waals surface area contributed by atoms with E-state index in [1.165, 1.54) is 6.34 Å². The molecule has 0 aromatic heterocycles. The molecule has 0 aliphatic carbocycles. The molecule has 4 nitrogen and oxygen atoms in total. The Morgan fingerprint density at radius 1 is 1.91 bits per heavy atom. The molecule has 0 rings (SSSR count). The minimum Gasteiger partial charge on any atom is -0.335 e. The van der Waals surface area contributed by atoms with Gasteiger partial charge in [0.05, 0.1) is 11.6 Å². The average molecular weight is 170 g/mol. The number of nitrogens with zero attached hydrogens (tertiary/aromatic N) is 2. The van der Waals surface area contributed by atoms with Crippen LogP contribution in [-0.2, 0) is 0 Å². The lowest BCUT2D eigenvalue weighted by Crippen LogP contribution is -2.28. The lowest BCUT2D eigenvalue weighted by Gasteiger charge is -2.06. The van der Waals surface area contributed by atoms with Crippen LogP contribution in [0.5, 0.6) is 0 Å². The fraction of sp³-hybridized carbons (Fsp3) is 0.500. The topological polar surface area (TPSA) is 72.0 Å². The van der Waals surface area contributed by atoms with Crippen LogP contribution in [-0.4, -0.2) is 24.5 Å². The number of hydrogen-bond donors (Lipinski definition) is 2. The van der Waals surface area contributed by atoms with E-state index < -0.39 is 0 Å². The quantitative estimate of drug-likeness (QED) is 0.374. The van der Waals surface area contributed by atoms with Crippen LogP contribution >= 0.6 is 11.8 Å². The van der Waals surface area contributed by atoms with Crippen molar-refractivity contribution in [3.63, 3.8) is 0 Å². The average Bonchev–Trinajstić information content (AvgIpc) is 2.00. The molecule has 0 fully saturated rings. The van der Waals surface area contributed by atoms with Crippen molar-refractivity contribution in [2.75, 3.05) is 7.05 Å². The molecule has 0 radical (unpaired) electrons. The molecule has 0 aliphatic rings. The first-order valence-corrected chi connectivity index (χ1v) is 3.90. The van der Waals surface area contributed by atoms with Crippen LogP contribution < -0.4 is 5.32 Å². The Labute approximate surface area is 70.2 Å². The summed E-state index contributed by atoms with van der Waals surface area (Å²) in [5.41, 5.74) is 0. The van der Waals surface area contributed by atoms with Gasteiger partial charge in [-0.2, -0.15) is 5.26 Å². The summed E-state index contributed by atoms with van der Waals surface area (Å²) in [7, 11) is 1.61. The van der Waals surface area contributed by atoms with Crippen molar-refractivity contribution in [3.05, 3.63) is 0 Å². The van der Waals surface area contributed by atoms with E-state index in [0.717, 1.165) is 11.8 Å². The van der Waals surface area contributed by atoms with Crippen molar-refractivity contribution in [2.24, 2.45) is 4.99 Å². The summed E-state index contributed by atoms with van der Waals surface area (Å²) >= 11 is 1.05. The maximum Gasteiger partial charge on any atom is 0.134 e. The Bertz CT molecular complexity index is 193. The second-order valence-electron chi connectivity index (χ2n) is 1.80. The number of amidine groups is 1. The molecule has 0 bridgehead atoms. The molecular weight excluding hydrogens is 160 g/mol. The number of nitrogens with one attached hydrogen (secondary N) is 2. The van der Waals surface area contributed by atoms with E-state index >= 15 is 0 Å². The maximum absolute atomic E-state index is 8.27. The second kappa shape index (κ2) is 5.74. The zero-order valence-corrected chi connectivity index (χ0v) is 7.27. The van der Waals surface area contributed by atoms with Gasteiger partial charge >= 0.3 is 0 Å². The molecular formula is C6H10N4S. The molecule has 0 heterocycles. The van der Waals surface area contributed by atoms with Gasteiger partial charge in [0.1, 0.15) is 11.2 Å². The number of rotatable bonds is 3. The number of nitriles is 1. The molecule has 2 N–H and O–H groups in total. The normalized spacial score (nSPS) is 12.5. The van der Waals surface area contributed by atoms with Gasteiger partial charge in [-0.15, -0.1) is 0 Å². The summed E-state index contributed by atoms with van der Waals surface area (Å²) < 4.78 is 0. The highest BCUT2D eigenvalue weighted by Crippen LogP contribution is 2.06. The third-order valence-corrected chi connectivity index (χ3v) is 1.68. The van der Waals surface area contributed by atoms with E-state index in [2.05, 4.69) is 10.3 Å². The molecule has 0 amide bonds. The van der Waals surface area contributed by atoms with Crippen LogP contribution in [0.15, 0.2) is 4.99 Å². The SMILES string of the molecule is CN=CNC(=N)[C@H](C)SC#N. The van der Waals surface area contributed by atoms with Gasteiger partial charge in [0.15, 0.2) is 0 Å². The summed E-state index contributed by atoms with van der Waals surface area (Å²) in [6.45, 7) is 1.78. The molecule has 0 unspecified atom stereocenters. The minimum absolute atomic E-state index is 0.127. The number of hydrogen-bond acceptors (Lipinski definition) is 4. The van der Waals surface area contributed by atoms with Crippen LogP contribution in [0, 0.1) is 16.1 Å². The highest BCUT2D eigenvalue weighted by atomic mass is 32.2. The van der Waals surface area contributed by atoms with Crippen molar-refractivity contribution >= 4 is 23.9 Å². The summed E-state index contributed by atoms with van der Waals surface area (Å²) in [6, 6.07) is 0. The van der Waals surface area contributed by atoms with E-state index in [0.29, 0.717) is 5.84 Å². The summed E-state index contributed by atoms with van der Waals surface area (Å²) in [6.07, 6.45) is 1.43. The molecule has 60 valence electrons. The summed E-state index contributed by atoms with van der Waals surface area (Å²) in [4.78, 5) is 3.65.